The normalized spacial score (nSPS) is 21.2. The minimum atomic E-state index is -0.359. The van der Waals surface area contributed by atoms with Crippen molar-refractivity contribution in [2.75, 3.05) is 39.8 Å². The number of carbonyl (C=O) groups excluding carboxylic acids is 3. The van der Waals surface area contributed by atoms with E-state index in [0.29, 0.717) is 39.3 Å². The van der Waals surface area contributed by atoms with Gasteiger partial charge in [0.05, 0.1) is 5.92 Å². The number of hydrogen-bond acceptors (Lipinski definition) is 4. The van der Waals surface area contributed by atoms with Crippen molar-refractivity contribution in [2.45, 2.75) is 19.5 Å². The van der Waals surface area contributed by atoms with Crippen molar-refractivity contribution in [1.82, 2.24) is 20.0 Å². The highest BCUT2D eigenvalue weighted by molar-refractivity contribution is 5.86. The Morgan fingerprint density at radius 3 is 2.35 bits per heavy atom. The summed E-state index contributed by atoms with van der Waals surface area (Å²) in [6.07, 6.45) is 0. The maximum Gasteiger partial charge on any atom is 0.238 e. The average molecular weight is 358 g/mol. The number of nitrogens with one attached hydrogen (secondary N) is 1. The summed E-state index contributed by atoms with van der Waals surface area (Å²) in [7, 11) is 1.63. The second kappa shape index (κ2) is 7.86. The summed E-state index contributed by atoms with van der Waals surface area (Å²) < 4.78 is 0. The number of amides is 3. The van der Waals surface area contributed by atoms with Crippen molar-refractivity contribution in [3.63, 3.8) is 0 Å². The van der Waals surface area contributed by atoms with Gasteiger partial charge in [-0.1, -0.05) is 30.3 Å². The van der Waals surface area contributed by atoms with Gasteiger partial charge in [-0.2, -0.15) is 0 Å². The Bertz CT molecular complexity index is 673. The van der Waals surface area contributed by atoms with Gasteiger partial charge in [0.2, 0.25) is 17.7 Å². The molecule has 1 aromatic rings. The summed E-state index contributed by atoms with van der Waals surface area (Å²) in [5.41, 5.74) is 1.15. The zero-order valence-electron chi connectivity index (χ0n) is 15.4. The molecular weight excluding hydrogens is 332 g/mol. The molecule has 0 saturated carbocycles. The van der Waals surface area contributed by atoms with Crippen molar-refractivity contribution in [3.8, 4) is 0 Å². The first-order chi connectivity index (χ1) is 12.5. The quantitative estimate of drug-likeness (QED) is 0.817. The van der Waals surface area contributed by atoms with Gasteiger partial charge in [-0.15, -0.1) is 0 Å². The molecule has 3 rings (SSSR count). The summed E-state index contributed by atoms with van der Waals surface area (Å²) in [6.45, 7) is 4.83. The van der Waals surface area contributed by atoms with Gasteiger partial charge in [-0.05, 0) is 5.56 Å². The lowest BCUT2D eigenvalue weighted by molar-refractivity contribution is -0.150. The number of piperazine rings is 1. The third kappa shape index (κ3) is 3.88. The number of hydrogen-bond donors (Lipinski definition) is 1. The van der Waals surface area contributed by atoms with Gasteiger partial charge in [0.25, 0.3) is 0 Å². The van der Waals surface area contributed by atoms with Gasteiger partial charge in [0, 0.05) is 53.2 Å². The van der Waals surface area contributed by atoms with Crippen molar-refractivity contribution in [3.05, 3.63) is 35.9 Å². The van der Waals surface area contributed by atoms with Crippen LogP contribution in [-0.2, 0) is 20.9 Å². The van der Waals surface area contributed by atoms with E-state index in [4.69, 9.17) is 0 Å². The fourth-order valence-electron chi connectivity index (χ4n) is 3.59. The number of likely N-dealkylation sites (tertiary alicyclic amines) is 1. The van der Waals surface area contributed by atoms with Gasteiger partial charge in [0.1, 0.15) is 6.04 Å². The first-order valence-corrected chi connectivity index (χ1v) is 9.03. The minimum Gasteiger partial charge on any atom is -0.358 e. The standard InChI is InChI=1S/C19H26N4O3/c1-14(24)23-11-16(12-23)19(26)22-9-8-21(17(13-22)18(25)20-2)10-15-6-4-3-5-7-15/h3-7,16-17H,8-13H2,1-2H3,(H,20,25)/t17-/m0/s1. The van der Waals surface area contributed by atoms with E-state index in [-0.39, 0.29) is 29.7 Å². The average Bonchev–Trinajstić information content (AvgIpc) is 2.60. The van der Waals surface area contributed by atoms with E-state index in [1.807, 2.05) is 30.3 Å². The summed E-state index contributed by atoms with van der Waals surface area (Å²) in [4.78, 5) is 42.0. The Hall–Kier alpha value is -2.41. The van der Waals surface area contributed by atoms with Gasteiger partial charge < -0.3 is 15.1 Å². The molecule has 2 aliphatic rings. The van der Waals surface area contributed by atoms with Crippen molar-refractivity contribution in [2.24, 2.45) is 5.92 Å². The van der Waals surface area contributed by atoms with Crippen molar-refractivity contribution < 1.29 is 14.4 Å². The predicted octanol–water partition coefficient (Wildman–Crippen LogP) is -0.0763. The number of benzene rings is 1. The van der Waals surface area contributed by atoms with Gasteiger partial charge in [-0.25, -0.2) is 0 Å². The molecule has 2 fully saturated rings. The van der Waals surface area contributed by atoms with Crippen LogP contribution in [0.2, 0.25) is 0 Å². The third-order valence-electron chi connectivity index (χ3n) is 5.26. The van der Waals surface area contributed by atoms with E-state index in [0.717, 1.165) is 5.56 Å². The Morgan fingerprint density at radius 2 is 1.73 bits per heavy atom. The van der Waals surface area contributed by atoms with Crippen molar-refractivity contribution >= 4 is 17.7 Å². The summed E-state index contributed by atoms with van der Waals surface area (Å²) >= 11 is 0. The fraction of sp³-hybridized carbons (Fsp3) is 0.526. The van der Waals surface area contributed by atoms with E-state index in [1.54, 1.807) is 16.8 Å². The first-order valence-electron chi connectivity index (χ1n) is 9.03. The molecule has 140 valence electrons. The van der Waals surface area contributed by atoms with E-state index in [2.05, 4.69) is 10.2 Å². The van der Waals surface area contributed by atoms with Crippen LogP contribution in [0, 0.1) is 5.92 Å². The zero-order chi connectivity index (χ0) is 18.7. The molecule has 2 heterocycles. The molecule has 2 aliphatic heterocycles. The van der Waals surface area contributed by atoms with Crippen LogP contribution in [0.4, 0.5) is 0 Å². The topological polar surface area (TPSA) is 73.0 Å². The highest BCUT2D eigenvalue weighted by Crippen LogP contribution is 2.21. The van der Waals surface area contributed by atoms with Crippen LogP contribution in [0.15, 0.2) is 30.3 Å². The predicted molar refractivity (Wildman–Crippen MR) is 97.0 cm³/mol. The number of nitrogens with zero attached hydrogens (tertiary/aromatic N) is 3. The lowest BCUT2D eigenvalue weighted by atomic mass is 9.97. The monoisotopic (exact) mass is 358 g/mol. The molecule has 7 nitrogen and oxygen atoms in total. The fourth-order valence-corrected chi connectivity index (χ4v) is 3.59. The van der Waals surface area contributed by atoms with E-state index < -0.39 is 0 Å². The molecule has 0 bridgehead atoms. The molecule has 1 aromatic carbocycles. The Labute approximate surface area is 153 Å². The molecule has 0 aliphatic carbocycles. The van der Waals surface area contributed by atoms with Crippen LogP contribution in [-0.4, -0.2) is 78.2 Å². The highest BCUT2D eigenvalue weighted by atomic mass is 16.2. The van der Waals surface area contributed by atoms with Crippen LogP contribution in [0.25, 0.3) is 0 Å². The maximum atomic E-state index is 12.7. The molecule has 1 atom stereocenters. The lowest BCUT2D eigenvalue weighted by Crippen LogP contribution is -2.63. The number of rotatable bonds is 4. The molecule has 0 spiro atoms. The van der Waals surface area contributed by atoms with Crippen LogP contribution in [0.5, 0.6) is 0 Å². The largest absolute Gasteiger partial charge is 0.358 e. The van der Waals surface area contributed by atoms with E-state index in [1.165, 1.54) is 6.92 Å². The highest BCUT2D eigenvalue weighted by Gasteiger charge is 2.40. The molecular formula is C19H26N4O3. The molecule has 26 heavy (non-hydrogen) atoms. The molecule has 0 unspecified atom stereocenters. The second-order valence-corrected chi connectivity index (χ2v) is 6.99. The summed E-state index contributed by atoms with van der Waals surface area (Å²) in [5.74, 6) is -0.150. The first kappa shape index (κ1) is 18.4. The summed E-state index contributed by atoms with van der Waals surface area (Å²) in [6, 6.07) is 9.68. The number of carbonyl (C=O) groups is 3. The summed E-state index contributed by atoms with van der Waals surface area (Å²) in [5, 5.41) is 2.72. The Balaban J connectivity index is 1.63. The minimum absolute atomic E-state index is 0.00460. The van der Waals surface area contributed by atoms with Gasteiger partial charge in [-0.3, -0.25) is 19.3 Å². The Morgan fingerprint density at radius 1 is 1.04 bits per heavy atom. The number of likely N-dealkylation sites (N-methyl/N-ethyl adjacent to an activating group) is 1. The van der Waals surface area contributed by atoms with Crippen molar-refractivity contribution in [1.29, 1.82) is 0 Å². The Kier molecular flexibility index (Phi) is 5.56. The SMILES string of the molecule is CNC(=O)[C@@H]1CN(C(=O)C2CN(C(C)=O)C2)CCN1Cc1ccccc1. The second-order valence-electron chi connectivity index (χ2n) is 6.99. The molecule has 2 saturated heterocycles. The molecule has 1 N–H and O–H groups in total. The van der Waals surface area contributed by atoms with E-state index in [9.17, 15) is 14.4 Å². The molecule has 0 aromatic heterocycles. The van der Waals surface area contributed by atoms with Crippen LogP contribution in [0.3, 0.4) is 0 Å². The molecule has 3 amide bonds. The molecule has 0 radical (unpaired) electrons. The third-order valence-corrected chi connectivity index (χ3v) is 5.26. The van der Waals surface area contributed by atoms with E-state index >= 15 is 0 Å². The smallest absolute Gasteiger partial charge is 0.238 e. The van der Waals surface area contributed by atoms with Crippen LogP contribution in [0.1, 0.15) is 12.5 Å². The van der Waals surface area contributed by atoms with Crippen LogP contribution < -0.4 is 5.32 Å². The van der Waals surface area contributed by atoms with Gasteiger partial charge in [0.15, 0.2) is 0 Å². The lowest BCUT2D eigenvalue weighted by Gasteiger charge is -2.44. The maximum absolute atomic E-state index is 12.7. The van der Waals surface area contributed by atoms with Gasteiger partial charge >= 0.3 is 0 Å². The molecule has 7 heteroatoms. The van der Waals surface area contributed by atoms with Crippen LogP contribution >= 0.6 is 0 Å². The zero-order valence-corrected chi connectivity index (χ0v) is 15.4.